The summed E-state index contributed by atoms with van der Waals surface area (Å²) in [6.07, 6.45) is 1.46. The summed E-state index contributed by atoms with van der Waals surface area (Å²) in [6.45, 7) is 0. The molecule has 0 radical (unpaired) electrons. The van der Waals surface area contributed by atoms with Crippen LogP contribution in [-0.2, 0) is 0 Å². The minimum absolute atomic E-state index is 0.363. The number of methoxy groups -OCH3 is 1. The molecule has 2 N–H and O–H groups in total. The van der Waals surface area contributed by atoms with Crippen LogP contribution in [0.4, 0.5) is 0 Å². The maximum atomic E-state index is 11.2. The molecule has 0 unspecified atom stereocenters. The fourth-order valence-corrected chi connectivity index (χ4v) is 2.10. The lowest BCUT2D eigenvalue weighted by Crippen LogP contribution is -2.10. The molecule has 0 spiro atoms. The van der Waals surface area contributed by atoms with Gasteiger partial charge in [-0.15, -0.1) is 0 Å². The highest BCUT2D eigenvalue weighted by Gasteiger charge is 2.14. The third-order valence-corrected chi connectivity index (χ3v) is 3.22. The summed E-state index contributed by atoms with van der Waals surface area (Å²) in [5.74, 6) is 1.54. The summed E-state index contributed by atoms with van der Waals surface area (Å²) < 4.78 is 16.2. The minimum atomic E-state index is -0.520. The Hall–Kier alpha value is -3.28. The molecule has 0 saturated carbocycles. The summed E-state index contributed by atoms with van der Waals surface area (Å²) in [5.41, 5.74) is 6.40. The van der Waals surface area contributed by atoms with Crippen LogP contribution >= 0.6 is 0 Å². The molecule has 0 fully saturated rings. The number of nitrogens with zero attached hydrogens (tertiary/aromatic N) is 1. The molecule has 1 amide bonds. The van der Waals surface area contributed by atoms with Crippen LogP contribution in [0.3, 0.4) is 0 Å². The third kappa shape index (κ3) is 3.16. The molecule has 1 aromatic heterocycles. The van der Waals surface area contributed by atoms with Crippen LogP contribution in [-0.4, -0.2) is 18.2 Å². The number of benzene rings is 2. The monoisotopic (exact) mass is 310 g/mol. The normalized spacial score (nSPS) is 10.3. The Labute approximate surface area is 132 Å². The van der Waals surface area contributed by atoms with Crippen molar-refractivity contribution in [2.45, 2.75) is 0 Å². The second-order valence-electron chi connectivity index (χ2n) is 4.75. The van der Waals surface area contributed by atoms with Crippen molar-refractivity contribution in [3.8, 4) is 28.6 Å². The molecule has 2 aromatic carbocycles. The Morgan fingerprint density at radius 1 is 1.13 bits per heavy atom. The number of aromatic nitrogens is 1. The van der Waals surface area contributed by atoms with Gasteiger partial charge in [-0.2, -0.15) is 0 Å². The van der Waals surface area contributed by atoms with Gasteiger partial charge in [0.2, 0.25) is 11.7 Å². The molecular formula is C17H14N2O4. The van der Waals surface area contributed by atoms with Gasteiger partial charge in [0.05, 0.1) is 7.11 Å². The molecule has 23 heavy (non-hydrogen) atoms. The molecule has 0 atom stereocenters. The van der Waals surface area contributed by atoms with Crippen molar-refractivity contribution in [3.05, 3.63) is 60.3 Å². The summed E-state index contributed by atoms with van der Waals surface area (Å²) in [7, 11) is 1.59. The predicted octanol–water partition coefficient (Wildman–Crippen LogP) is 3.24. The van der Waals surface area contributed by atoms with Crippen molar-refractivity contribution in [1.29, 1.82) is 0 Å². The number of primary amides is 1. The fourth-order valence-electron chi connectivity index (χ4n) is 2.10. The zero-order valence-corrected chi connectivity index (χ0v) is 12.4. The first-order valence-corrected chi connectivity index (χ1v) is 6.84. The number of hydrogen-bond donors (Lipinski definition) is 1. The summed E-state index contributed by atoms with van der Waals surface area (Å²) >= 11 is 0. The van der Waals surface area contributed by atoms with Gasteiger partial charge in [-0.05, 0) is 30.3 Å². The smallest absolute Gasteiger partial charge is 0.248 e. The van der Waals surface area contributed by atoms with E-state index >= 15 is 0 Å². The highest BCUT2D eigenvalue weighted by atomic mass is 16.5. The predicted molar refractivity (Wildman–Crippen MR) is 83.5 cm³/mol. The summed E-state index contributed by atoms with van der Waals surface area (Å²) in [6, 6.07) is 13.9. The first kappa shape index (κ1) is 14.6. The van der Waals surface area contributed by atoms with E-state index in [9.17, 15) is 4.79 Å². The molecule has 3 rings (SSSR count). The Balaban J connectivity index is 1.92. The summed E-state index contributed by atoms with van der Waals surface area (Å²) in [4.78, 5) is 11.2. The van der Waals surface area contributed by atoms with Crippen LogP contribution in [0.1, 0.15) is 10.4 Å². The van der Waals surface area contributed by atoms with Gasteiger partial charge in [-0.1, -0.05) is 23.4 Å². The lowest BCUT2D eigenvalue weighted by molar-refractivity contribution is 0.1000. The van der Waals surface area contributed by atoms with E-state index in [1.165, 1.54) is 6.20 Å². The van der Waals surface area contributed by atoms with Crippen LogP contribution in [0, 0.1) is 0 Å². The largest absolute Gasteiger partial charge is 0.497 e. The highest BCUT2D eigenvalue weighted by molar-refractivity contribution is 5.93. The molecule has 0 aliphatic rings. The van der Waals surface area contributed by atoms with E-state index in [0.29, 0.717) is 28.6 Å². The van der Waals surface area contributed by atoms with Gasteiger partial charge in [0.15, 0.2) is 5.75 Å². The number of carbonyl (C=O) groups is 1. The maximum Gasteiger partial charge on any atom is 0.248 e. The SMILES string of the molecule is COc1cccc(-c2oncc2Oc2cccc(C(N)=O)c2)c1. The van der Waals surface area contributed by atoms with Crippen molar-refractivity contribution in [1.82, 2.24) is 5.16 Å². The molecule has 0 aliphatic heterocycles. The molecule has 6 nitrogen and oxygen atoms in total. The van der Waals surface area contributed by atoms with E-state index in [4.69, 9.17) is 19.7 Å². The molecule has 0 bridgehead atoms. The lowest BCUT2D eigenvalue weighted by Gasteiger charge is -2.06. The van der Waals surface area contributed by atoms with Crippen molar-refractivity contribution >= 4 is 5.91 Å². The maximum absolute atomic E-state index is 11.2. The van der Waals surface area contributed by atoms with E-state index in [-0.39, 0.29) is 0 Å². The van der Waals surface area contributed by atoms with Gasteiger partial charge in [-0.3, -0.25) is 4.79 Å². The number of rotatable bonds is 5. The fraction of sp³-hybridized carbons (Fsp3) is 0.0588. The van der Waals surface area contributed by atoms with Gasteiger partial charge in [0.1, 0.15) is 17.7 Å². The first-order chi connectivity index (χ1) is 11.2. The Morgan fingerprint density at radius 3 is 2.70 bits per heavy atom. The van der Waals surface area contributed by atoms with E-state index < -0.39 is 5.91 Å². The number of carbonyl (C=O) groups excluding carboxylic acids is 1. The van der Waals surface area contributed by atoms with Crippen molar-refractivity contribution in [2.75, 3.05) is 7.11 Å². The first-order valence-electron chi connectivity index (χ1n) is 6.84. The van der Waals surface area contributed by atoms with Crippen molar-refractivity contribution < 1.29 is 18.8 Å². The molecule has 1 heterocycles. The molecule has 116 valence electrons. The van der Waals surface area contributed by atoms with Gasteiger partial charge in [-0.25, -0.2) is 0 Å². The Morgan fingerprint density at radius 2 is 1.91 bits per heavy atom. The van der Waals surface area contributed by atoms with E-state index in [2.05, 4.69) is 5.16 Å². The average molecular weight is 310 g/mol. The summed E-state index contributed by atoms with van der Waals surface area (Å²) in [5, 5.41) is 3.78. The van der Waals surface area contributed by atoms with Gasteiger partial charge in [0.25, 0.3) is 0 Å². The zero-order chi connectivity index (χ0) is 16.2. The number of ether oxygens (including phenoxy) is 2. The number of amides is 1. The zero-order valence-electron chi connectivity index (χ0n) is 12.4. The van der Waals surface area contributed by atoms with Crippen molar-refractivity contribution in [3.63, 3.8) is 0 Å². The van der Waals surface area contributed by atoms with Crippen LogP contribution in [0.2, 0.25) is 0 Å². The Kier molecular flexibility index (Phi) is 3.97. The van der Waals surface area contributed by atoms with Gasteiger partial charge >= 0.3 is 0 Å². The standard InChI is InChI=1S/C17H14N2O4/c1-21-13-6-2-4-11(8-13)16-15(10-19-23-16)22-14-7-3-5-12(9-14)17(18)20/h2-10H,1H3,(H2,18,20). The number of nitrogens with two attached hydrogens (primary N) is 1. The van der Waals surface area contributed by atoms with Crippen LogP contribution in [0.5, 0.6) is 17.2 Å². The van der Waals surface area contributed by atoms with Crippen LogP contribution in [0.15, 0.2) is 59.3 Å². The molecule has 6 heteroatoms. The molecule has 3 aromatic rings. The molecule has 0 saturated heterocycles. The van der Waals surface area contributed by atoms with Crippen molar-refractivity contribution in [2.24, 2.45) is 5.73 Å². The number of hydrogen-bond acceptors (Lipinski definition) is 5. The quantitative estimate of drug-likeness (QED) is 0.781. The van der Waals surface area contributed by atoms with Crippen LogP contribution < -0.4 is 15.2 Å². The Bertz CT molecular complexity index is 842. The van der Waals surface area contributed by atoms with Gasteiger partial charge in [0, 0.05) is 11.1 Å². The third-order valence-electron chi connectivity index (χ3n) is 3.22. The van der Waals surface area contributed by atoms with Crippen LogP contribution in [0.25, 0.3) is 11.3 Å². The topological polar surface area (TPSA) is 87.6 Å². The second-order valence-corrected chi connectivity index (χ2v) is 4.75. The molecule has 0 aliphatic carbocycles. The van der Waals surface area contributed by atoms with E-state index in [1.54, 1.807) is 31.4 Å². The molecular weight excluding hydrogens is 296 g/mol. The lowest BCUT2D eigenvalue weighted by atomic mass is 10.1. The highest BCUT2D eigenvalue weighted by Crippen LogP contribution is 2.34. The van der Waals surface area contributed by atoms with E-state index in [1.807, 2.05) is 24.3 Å². The minimum Gasteiger partial charge on any atom is -0.497 e. The van der Waals surface area contributed by atoms with E-state index in [0.717, 1.165) is 5.56 Å². The van der Waals surface area contributed by atoms with Gasteiger partial charge < -0.3 is 19.7 Å². The average Bonchev–Trinajstić information content (AvgIpc) is 3.03. The second kappa shape index (κ2) is 6.23.